The number of benzene rings is 3. The van der Waals surface area contributed by atoms with Crippen LogP contribution in [0.25, 0.3) is 17.3 Å². The highest BCUT2D eigenvalue weighted by Gasteiger charge is 2.07. The molecule has 0 bridgehead atoms. The van der Waals surface area contributed by atoms with Gasteiger partial charge >= 0.3 is 0 Å². The van der Waals surface area contributed by atoms with Crippen LogP contribution >= 0.6 is 23.1 Å². The molecule has 0 unspecified atom stereocenters. The Balaban J connectivity index is 1.28. The minimum atomic E-state index is -0.232. The van der Waals surface area contributed by atoms with Crippen LogP contribution in [0.5, 0.6) is 11.5 Å². The minimum Gasteiger partial charge on any atom is -0.497 e. The number of nitrogens with one attached hydrogen (secondary N) is 1. The summed E-state index contributed by atoms with van der Waals surface area (Å²) in [6.07, 6.45) is 5.32. The fraction of sp³-hybridized carbons (Fsp3) is 0.111. The molecule has 0 aliphatic heterocycles. The Kier molecular flexibility index (Phi) is 8.01. The highest BCUT2D eigenvalue weighted by Crippen LogP contribution is 2.26. The van der Waals surface area contributed by atoms with Crippen molar-refractivity contribution in [2.45, 2.75) is 11.5 Å². The van der Waals surface area contributed by atoms with Crippen molar-refractivity contribution in [1.29, 1.82) is 0 Å². The van der Waals surface area contributed by atoms with Crippen molar-refractivity contribution in [3.8, 4) is 22.8 Å². The number of hydrogen-bond acceptors (Lipinski definition) is 6. The Bertz CT molecular complexity index is 1250. The molecule has 3 aromatic carbocycles. The van der Waals surface area contributed by atoms with Gasteiger partial charge in [0.25, 0.3) is 0 Å². The molecule has 0 fully saturated rings. The average Bonchev–Trinajstić information content (AvgIpc) is 3.35. The number of thioether (sulfide) groups is 1. The van der Waals surface area contributed by atoms with Gasteiger partial charge in [0.2, 0.25) is 5.91 Å². The number of rotatable bonds is 9. The molecule has 34 heavy (non-hydrogen) atoms. The maximum absolute atomic E-state index is 12.3. The third-order valence-electron chi connectivity index (χ3n) is 4.99. The molecule has 0 atom stereocenters. The van der Waals surface area contributed by atoms with Crippen LogP contribution in [0.2, 0.25) is 0 Å². The van der Waals surface area contributed by atoms with Gasteiger partial charge in [-0.05, 0) is 72.0 Å². The smallest absolute Gasteiger partial charge is 0.250 e. The predicted molar refractivity (Wildman–Crippen MR) is 141 cm³/mol. The van der Waals surface area contributed by atoms with Gasteiger partial charge < -0.3 is 9.47 Å². The molecule has 1 aromatic heterocycles. The normalized spacial score (nSPS) is 10.9. The van der Waals surface area contributed by atoms with E-state index in [1.807, 2.05) is 53.9 Å². The fourth-order valence-corrected chi connectivity index (χ4v) is 4.24. The second-order valence-corrected chi connectivity index (χ2v) is 9.03. The first kappa shape index (κ1) is 23.6. The van der Waals surface area contributed by atoms with E-state index in [4.69, 9.17) is 9.47 Å². The van der Waals surface area contributed by atoms with Gasteiger partial charge in [0, 0.05) is 21.9 Å². The topological polar surface area (TPSA) is 60.5 Å². The molecular weight excluding hydrogens is 464 g/mol. The number of hydrogen-bond donors (Lipinski definition) is 1. The van der Waals surface area contributed by atoms with Crippen molar-refractivity contribution in [2.24, 2.45) is 0 Å². The molecule has 1 N–H and O–H groups in total. The molecule has 0 spiro atoms. The van der Waals surface area contributed by atoms with Gasteiger partial charge in [-0.2, -0.15) is 0 Å². The lowest BCUT2D eigenvalue weighted by molar-refractivity contribution is -0.111. The number of ether oxygens (including phenoxy) is 2. The molecule has 4 aromatic rings. The standard InChI is InChI=1S/C27H24N2O3S2/c1-31-22-12-8-21(9-13-22)25-18-34-27(28-25)29-26(30)16-7-19-3-10-23(11-4-19)32-17-20-5-14-24(33-2)15-6-20/h3-16,18H,17H2,1-2H3,(H,28,29,30)/b16-7-. The van der Waals surface area contributed by atoms with E-state index in [9.17, 15) is 4.79 Å². The Morgan fingerprint density at radius 3 is 2.38 bits per heavy atom. The molecule has 1 amide bonds. The van der Waals surface area contributed by atoms with E-state index in [1.54, 1.807) is 24.9 Å². The van der Waals surface area contributed by atoms with Gasteiger partial charge in [-0.25, -0.2) is 4.98 Å². The zero-order chi connectivity index (χ0) is 23.8. The summed E-state index contributed by atoms with van der Waals surface area (Å²) >= 11 is 3.11. The molecule has 0 aliphatic rings. The van der Waals surface area contributed by atoms with Gasteiger partial charge in [-0.3, -0.25) is 10.1 Å². The van der Waals surface area contributed by atoms with E-state index >= 15 is 0 Å². The molecule has 0 saturated carbocycles. The van der Waals surface area contributed by atoms with E-state index in [0.29, 0.717) is 11.7 Å². The first-order chi connectivity index (χ1) is 16.6. The Morgan fingerprint density at radius 2 is 1.71 bits per heavy atom. The Labute approximate surface area is 207 Å². The lowest BCUT2D eigenvalue weighted by Crippen LogP contribution is -2.07. The summed E-state index contributed by atoms with van der Waals surface area (Å²) in [5, 5.41) is 5.28. The molecule has 172 valence electrons. The van der Waals surface area contributed by atoms with Crippen molar-refractivity contribution >= 4 is 40.2 Å². The Hall–Kier alpha value is -3.55. The maximum atomic E-state index is 12.3. The number of thiazole rings is 1. The van der Waals surface area contributed by atoms with Crippen LogP contribution in [0.4, 0.5) is 5.13 Å². The fourth-order valence-electron chi connectivity index (χ4n) is 3.11. The van der Waals surface area contributed by atoms with Gasteiger partial charge in [0.15, 0.2) is 5.13 Å². The van der Waals surface area contributed by atoms with Crippen LogP contribution in [0.15, 0.2) is 89.1 Å². The molecule has 0 aliphatic carbocycles. The number of amides is 1. The Morgan fingerprint density at radius 1 is 1.00 bits per heavy atom. The highest BCUT2D eigenvalue weighted by atomic mass is 32.2. The van der Waals surface area contributed by atoms with E-state index in [0.717, 1.165) is 33.9 Å². The molecule has 1 heterocycles. The number of anilines is 1. The number of carbonyl (C=O) groups excluding carboxylic acids is 1. The number of carbonyl (C=O) groups is 1. The zero-order valence-electron chi connectivity index (χ0n) is 18.9. The predicted octanol–water partition coefficient (Wildman–Crippen LogP) is 6.77. The van der Waals surface area contributed by atoms with E-state index < -0.39 is 0 Å². The van der Waals surface area contributed by atoms with Crippen LogP contribution in [0.1, 0.15) is 11.1 Å². The van der Waals surface area contributed by atoms with E-state index in [1.165, 1.54) is 22.3 Å². The number of nitrogens with zero attached hydrogens (tertiary/aromatic N) is 1. The van der Waals surface area contributed by atoms with Crippen LogP contribution < -0.4 is 14.8 Å². The summed E-state index contributed by atoms with van der Waals surface area (Å²) in [5.41, 5.74) is 3.80. The third kappa shape index (κ3) is 6.50. The van der Waals surface area contributed by atoms with Gasteiger partial charge in [-0.1, -0.05) is 24.3 Å². The molecular formula is C27H24N2O3S2. The van der Waals surface area contributed by atoms with Crippen LogP contribution in [0, 0.1) is 0 Å². The first-order valence-corrected chi connectivity index (χ1v) is 12.7. The van der Waals surface area contributed by atoms with Crippen LogP contribution in [0.3, 0.4) is 0 Å². The lowest BCUT2D eigenvalue weighted by atomic mass is 10.2. The lowest BCUT2D eigenvalue weighted by Gasteiger charge is -2.07. The second kappa shape index (κ2) is 11.5. The molecule has 5 nitrogen and oxygen atoms in total. The largest absolute Gasteiger partial charge is 0.497 e. The van der Waals surface area contributed by atoms with Gasteiger partial charge in [0.1, 0.15) is 18.1 Å². The maximum Gasteiger partial charge on any atom is 0.250 e. The van der Waals surface area contributed by atoms with Crippen molar-refractivity contribution in [3.05, 3.63) is 95.4 Å². The molecule has 4 rings (SSSR count). The molecule has 7 heteroatoms. The number of methoxy groups -OCH3 is 1. The van der Waals surface area contributed by atoms with Crippen molar-refractivity contribution < 1.29 is 14.3 Å². The van der Waals surface area contributed by atoms with Crippen molar-refractivity contribution in [1.82, 2.24) is 4.98 Å². The second-order valence-electron chi connectivity index (χ2n) is 7.29. The average molecular weight is 489 g/mol. The first-order valence-electron chi connectivity index (χ1n) is 10.6. The summed E-state index contributed by atoms with van der Waals surface area (Å²) in [6.45, 7) is 0.512. The monoisotopic (exact) mass is 488 g/mol. The van der Waals surface area contributed by atoms with Crippen molar-refractivity contribution in [2.75, 3.05) is 18.7 Å². The van der Waals surface area contributed by atoms with Crippen LogP contribution in [-0.2, 0) is 11.4 Å². The summed E-state index contributed by atoms with van der Waals surface area (Å²) in [6, 6.07) is 23.6. The summed E-state index contributed by atoms with van der Waals surface area (Å²) in [7, 11) is 1.63. The summed E-state index contributed by atoms with van der Waals surface area (Å²) in [5.74, 6) is 1.34. The minimum absolute atomic E-state index is 0.232. The molecule has 0 saturated heterocycles. The number of aromatic nitrogens is 1. The molecule has 0 radical (unpaired) electrons. The van der Waals surface area contributed by atoms with E-state index in [-0.39, 0.29) is 5.91 Å². The SMILES string of the molecule is COc1ccc(-c2csc(NC(=O)/C=C\c3ccc(OCc4ccc(SC)cc4)cc3)n2)cc1. The van der Waals surface area contributed by atoms with Crippen molar-refractivity contribution in [3.63, 3.8) is 0 Å². The van der Waals surface area contributed by atoms with Gasteiger partial charge in [-0.15, -0.1) is 23.1 Å². The van der Waals surface area contributed by atoms with Crippen LogP contribution in [-0.4, -0.2) is 24.3 Å². The van der Waals surface area contributed by atoms with E-state index in [2.05, 4.69) is 40.8 Å². The summed E-state index contributed by atoms with van der Waals surface area (Å²) in [4.78, 5) is 18.0. The quantitative estimate of drug-likeness (QED) is 0.208. The van der Waals surface area contributed by atoms with Gasteiger partial charge in [0.05, 0.1) is 12.8 Å². The highest BCUT2D eigenvalue weighted by molar-refractivity contribution is 7.98. The zero-order valence-corrected chi connectivity index (χ0v) is 20.5. The summed E-state index contributed by atoms with van der Waals surface area (Å²) < 4.78 is 11.0. The third-order valence-corrected chi connectivity index (χ3v) is 6.49.